The molecule has 1 rings (SSSR count). The highest BCUT2D eigenvalue weighted by molar-refractivity contribution is 5.71. The molecule has 0 bridgehead atoms. The number of ether oxygens (including phenoxy) is 3. The molecule has 1 amide bonds. The molecule has 1 atom stereocenters. The third-order valence-corrected chi connectivity index (χ3v) is 4.27. The number of alkyl carbamates (subject to hydrolysis) is 1. The zero-order chi connectivity index (χ0) is 21.0. The van der Waals surface area contributed by atoms with Crippen molar-refractivity contribution in [1.82, 2.24) is 10.7 Å². The first-order chi connectivity index (χ1) is 13.2. The van der Waals surface area contributed by atoms with E-state index >= 15 is 0 Å². The van der Waals surface area contributed by atoms with Gasteiger partial charge in [0.1, 0.15) is 6.61 Å². The van der Waals surface area contributed by atoms with Gasteiger partial charge in [-0.2, -0.15) is 0 Å². The lowest BCUT2D eigenvalue weighted by Gasteiger charge is -2.36. The van der Waals surface area contributed by atoms with Crippen LogP contribution in [0.1, 0.15) is 45.4 Å². The summed E-state index contributed by atoms with van der Waals surface area (Å²) < 4.78 is 14.6. The summed E-state index contributed by atoms with van der Waals surface area (Å²) in [5.74, 6) is -1.70. The number of hydrogen-bond acceptors (Lipinski definition) is 10. The van der Waals surface area contributed by atoms with Crippen molar-refractivity contribution in [2.45, 2.75) is 51.7 Å². The predicted octanol–water partition coefficient (Wildman–Crippen LogP) is 1.06. The van der Waals surface area contributed by atoms with Crippen molar-refractivity contribution in [1.29, 1.82) is 0 Å². The zero-order valence-electron chi connectivity index (χ0n) is 15.8. The maximum Gasteiger partial charge on any atom is 0.410 e. The standard InChI is InChI=1S/C16H28N2O10/c1-12(27-14(21)10-25-7-8-26-18(23)24)28-15(22)17-11-16(9-13(19)20)5-3-2-4-6-16/h12,23-24H,2-11H2,1H3,(H,17,22)(H,19,20). The van der Waals surface area contributed by atoms with Gasteiger partial charge < -0.3 is 24.6 Å². The number of carbonyl (C=O) groups is 3. The van der Waals surface area contributed by atoms with Crippen LogP contribution in [-0.2, 0) is 28.6 Å². The van der Waals surface area contributed by atoms with E-state index in [2.05, 4.69) is 10.2 Å². The second-order valence-corrected chi connectivity index (χ2v) is 6.59. The molecule has 12 heteroatoms. The van der Waals surface area contributed by atoms with Crippen LogP contribution in [0, 0.1) is 5.41 Å². The topological polar surface area (TPSA) is 164 Å². The van der Waals surface area contributed by atoms with Gasteiger partial charge in [0, 0.05) is 13.5 Å². The van der Waals surface area contributed by atoms with Crippen LogP contribution in [0.15, 0.2) is 0 Å². The van der Waals surface area contributed by atoms with Crippen LogP contribution in [0.5, 0.6) is 0 Å². The molecule has 4 N–H and O–H groups in total. The van der Waals surface area contributed by atoms with Gasteiger partial charge in [0.25, 0.3) is 0 Å². The summed E-state index contributed by atoms with van der Waals surface area (Å²) in [4.78, 5) is 38.8. The molecule has 1 fully saturated rings. The summed E-state index contributed by atoms with van der Waals surface area (Å²) in [6, 6.07) is 0. The minimum absolute atomic E-state index is 0.0246. The molecule has 1 aliphatic carbocycles. The van der Waals surface area contributed by atoms with E-state index in [9.17, 15) is 14.4 Å². The molecule has 1 aliphatic rings. The number of carboxylic acids is 1. The molecule has 0 saturated heterocycles. The second-order valence-electron chi connectivity index (χ2n) is 6.59. The Labute approximate surface area is 162 Å². The lowest BCUT2D eigenvalue weighted by atomic mass is 9.72. The van der Waals surface area contributed by atoms with Crippen molar-refractivity contribution >= 4 is 18.0 Å². The average Bonchev–Trinajstić information content (AvgIpc) is 2.59. The third kappa shape index (κ3) is 10.4. The molecule has 28 heavy (non-hydrogen) atoms. The Morgan fingerprint density at radius 2 is 1.79 bits per heavy atom. The fourth-order valence-electron chi connectivity index (χ4n) is 3.07. The highest BCUT2D eigenvalue weighted by atomic mass is 17.1. The number of rotatable bonds is 12. The molecule has 0 aromatic heterocycles. The Bertz CT molecular complexity index is 508. The number of aliphatic carboxylic acids is 1. The molecule has 0 radical (unpaired) electrons. The van der Waals surface area contributed by atoms with Crippen molar-refractivity contribution < 1.29 is 49.0 Å². The van der Waals surface area contributed by atoms with E-state index in [1.54, 1.807) is 0 Å². The van der Waals surface area contributed by atoms with Gasteiger partial charge in [-0.05, 0) is 18.3 Å². The van der Waals surface area contributed by atoms with E-state index in [0.29, 0.717) is 0 Å². The van der Waals surface area contributed by atoms with Gasteiger partial charge in [-0.1, -0.05) is 19.3 Å². The van der Waals surface area contributed by atoms with E-state index in [1.165, 1.54) is 6.92 Å². The first-order valence-electron chi connectivity index (χ1n) is 8.97. The van der Waals surface area contributed by atoms with Crippen LogP contribution in [0.2, 0.25) is 0 Å². The maximum atomic E-state index is 11.9. The van der Waals surface area contributed by atoms with E-state index in [4.69, 9.17) is 29.7 Å². The van der Waals surface area contributed by atoms with E-state index in [-0.39, 0.29) is 26.2 Å². The molecule has 1 saturated carbocycles. The van der Waals surface area contributed by atoms with Crippen LogP contribution in [0.25, 0.3) is 0 Å². The zero-order valence-corrected chi connectivity index (χ0v) is 15.8. The average molecular weight is 408 g/mol. The summed E-state index contributed by atoms with van der Waals surface area (Å²) in [5.41, 5.74) is -0.488. The number of amides is 1. The third-order valence-electron chi connectivity index (χ3n) is 4.27. The van der Waals surface area contributed by atoms with Gasteiger partial charge in [0.15, 0.2) is 0 Å². The Hall–Kier alpha value is -1.99. The molecule has 0 spiro atoms. The smallest absolute Gasteiger partial charge is 0.410 e. The number of nitrogens with one attached hydrogen (secondary N) is 1. The maximum absolute atomic E-state index is 11.9. The lowest BCUT2D eigenvalue weighted by Crippen LogP contribution is -2.41. The highest BCUT2D eigenvalue weighted by Crippen LogP contribution is 2.38. The second kappa shape index (κ2) is 12.5. The van der Waals surface area contributed by atoms with Gasteiger partial charge in [-0.15, -0.1) is 0 Å². The van der Waals surface area contributed by atoms with E-state index in [1.807, 2.05) is 0 Å². The Balaban J connectivity index is 2.27. The van der Waals surface area contributed by atoms with Crippen LogP contribution in [0.4, 0.5) is 4.79 Å². The lowest BCUT2D eigenvalue weighted by molar-refractivity contribution is -0.493. The number of nitrogens with zero attached hydrogens (tertiary/aromatic N) is 1. The van der Waals surface area contributed by atoms with Crippen LogP contribution in [-0.4, -0.2) is 71.6 Å². The first kappa shape index (κ1) is 24.0. The number of hydrogen-bond donors (Lipinski definition) is 4. The Morgan fingerprint density at radius 1 is 1.11 bits per heavy atom. The normalized spacial score (nSPS) is 17.0. The fourth-order valence-corrected chi connectivity index (χ4v) is 3.07. The summed E-state index contributed by atoms with van der Waals surface area (Å²) in [5, 5.41) is 27.8. The fraction of sp³-hybridized carbons (Fsp3) is 0.812. The number of carbonyl (C=O) groups excluding carboxylic acids is 2. The van der Waals surface area contributed by atoms with Gasteiger partial charge in [-0.25, -0.2) is 14.4 Å². The van der Waals surface area contributed by atoms with E-state index < -0.39 is 41.7 Å². The highest BCUT2D eigenvalue weighted by Gasteiger charge is 2.35. The molecule has 0 heterocycles. The minimum Gasteiger partial charge on any atom is -0.481 e. The minimum atomic E-state index is -1.17. The van der Waals surface area contributed by atoms with Crippen molar-refractivity contribution in [3.8, 4) is 0 Å². The van der Waals surface area contributed by atoms with Crippen LogP contribution in [0.3, 0.4) is 0 Å². The SMILES string of the molecule is CC(OC(=O)COCCON(O)O)OC(=O)NCC1(CC(=O)O)CCCCC1. The molecular formula is C16H28N2O10. The molecule has 0 aromatic carbocycles. The molecule has 1 unspecified atom stereocenters. The van der Waals surface area contributed by atoms with Crippen LogP contribution >= 0.6 is 0 Å². The molecule has 162 valence electrons. The van der Waals surface area contributed by atoms with Crippen molar-refractivity contribution in [3.63, 3.8) is 0 Å². The molecular weight excluding hydrogens is 380 g/mol. The Morgan fingerprint density at radius 3 is 2.39 bits per heavy atom. The predicted molar refractivity (Wildman–Crippen MR) is 90.0 cm³/mol. The number of carboxylic acid groups (broad SMARTS) is 1. The van der Waals surface area contributed by atoms with Crippen molar-refractivity contribution in [3.05, 3.63) is 0 Å². The molecule has 0 aromatic rings. The first-order valence-corrected chi connectivity index (χ1v) is 8.97. The van der Waals surface area contributed by atoms with Gasteiger partial charge in [0.05, 0.1) is 25.0 Å². The van der Waals surface area contributed by atoms with Crippen molar-refractivity contribution in [2.24, 2.45) is 5.41 Å². The largest absolute Gasteiger partial charge is 0.481 e. The summed E-state index contributed by atoms with van der Waals surface area (Å²) in [7, 11) is 0. The molecule has 12 nitrogen and oxygen atoms in total. The van der Waals surface area contributed by atoms with Crippen molar-refractivity contribution in [2.75, 3.05) is 26.4 Å². The molecule has 0 aliphatic heterocycles. The van der Waals surface area contributed by atoms with Crippen LogP contribution < -0.4 is 5.32 Å². The number of esters is 1. The summed E-state index contributed by atoms with van der Waals surface area (Å²) in [6.07, 6.45) is 2.31. The van der Waals surface area contributed by atoms with Gasteiger partial charge >= 0.3 is 18.0 Å². The quantitative estimate of drug-likeness (QED) is 0.158. The monoisotopic (exact) mass is 408 g/mol. The van der Waals surface area contributed by atoms with E-state index in [0.717, 1.165) is 32.1 Å². The summed E-state index contributed by atoms with van der Waals surface area (Å²) >= 11 is 0. The Kier molecular flexibility index (Phi) is 10.7. The van der Waals surface area contributed by atoms with Gasteiger partial charge in [0.2, 0.25) is 6.29 Å². The summed E-state index contributed by atoms with van der Waals surface area (Å²) in [6.45, 7) is 0.774. The van der Waals surface area contributed by atoms with Gasteiger partial charge in [-0.3, -0.25) is 15.2 Å².